The fourth-order valence-corrected chi connectivity index (χ4v) is 4.53. The largest absolute Gasteiger partial charge is 0.492 e. The highest BCUT2D eigenvalue weighted by molar-refractivity contribution is 5.94. The summed E-state index contributed by atoms with van der Waals surface area (Å²) in [5.41, 5.74) is 4.76. The van der Waals surface area contributed by atoms with Crippen LogP contribution in [0.2, 0.25) is 0 Å². The fourth-order valence-electron chi connectivity index (χ4n) is 4.53. The molecule has 6 heteroatoms. The number of nitrogens with zero attached hydrogens (tertiary/aromatic N) is 1. The minimum Gasteiger partial charge on any atom is -0.492 e. The van der Waals surface area contributed by atoms with Gasteiger partial charge in [0, 0.05) is 17.3 Å². The van der Waals surface area contributed by atoms with E-state index in [9.17, 15) is 9.59 Å². The topological polar surface area (TPSA) is 77.5 Å². The Balaban J connectivity index is 1.21. The molecule has 1 unspecified atom stereocenters. The van der Waals surface area contributed by atoms with Crippen molar-refractivity contribution in [1.29, 1.82) is 0 Å². The van der Waals surface area contributed by atoms with E-state index in [1.165, 1.54) is 5.56 Å². The maximum atomic E-state index is 12.6. The van der Waals surface area contributed by atoms with E-state index in [2.05, 4.69) is 22.4 Å². The molecule has 0 aliphatic rings. The zero-order chi connectivity index (χ0) is 28.0. The van der Waals surface area contributed by atoms with Crippen LogP contribution in [0.4, 0.5) is 0 Å². The monoisotopic (exact) mass is 536 g/mol. The molecule has 0 aliphatic heterocycles. The highest BCUT2D eigenvalue weighted by Gasteiger charge is 2.20. The molecule has 0 bridgehead atoms. The van der Waals surface area contributed by atoms with Gasteiger partial charge in [-0.15, -0.1) is 0 Å². The molecule has 1 amide bonds. The SMILES string of the molecule is CCOC(=O)C(CCCc1ccccc1)Cc1ccc(OCCNC(=O)c2ccc(-c3ccccn3)cc2)cc1. The van der Waals surface area contributed by atoms with E-state index >= 15 is 0 Å². The van der Waals surface area contributed by atoms with Gasteiger partial charge in [0.2, 0.25) is 0 Å². The predicted molar refractivity (Wildman–Crippen MR) is 157 cm³/mol. The molecule has 1 heterocycles. The molecule has 4 aromatic rings. The van der Waals surface area contributed by atoms with Gasteiger partial charge >= 0.3 is 5.97 Å². The van der Waals surface area contributed by atoms with Crippen molar-refractivity contribution in [2.24, 2.45) is 5.92 Å². The zero-order valence-corrected chi connectivity index (χ0v) is 22.9. The van der Waals surface area contributed by atoms with Crippen LogP contribution in [0, 0.1) is 5.92 Å². The van der Waals surface area contributed by atoms with Crippen molar-refractivity contribution < 1.29 is 19.1 Å². The van der Waals surface area contributed by atoms with Crippen LogP contribution >= 0.6 is 0 Å². The van der Waals surface area contributed by atoms with Crippen LogP contribution < -0.4 is 10.1 Å². The van der Waals surface area contributed by atoms with Crippen molar-refractivity contribution in [2.45, 2.75) is 32.6 Å². The number of carbonyl (C=O) groups excluding carboxylic acids is 2. The van der Waals surface area contributed by atoms with Crippen LogP contribution in [0.5, 0.6) is 5.75 Å². The number of ether oxygens (including phenoxy) is 2. The molecule has 1 N–H and O–H groups in total. The number of aryl methyl sites for hydroxylation is 1. The molecule has 0 saturated carbocycles. The number of aromatic nitrogens is 1. The lowest BCUT2D eigenvalue weighted by Gasteiger charge is -2.16. The Morgan fingerprint density at radius 1 is 0.850 bits per heavy atom. The third kappa shape index (κ3) is 8.80. The Labute approximate surface area is 236 Å². The average Bonchev–Trinajstić information content (AvgIpc) is 3.00. The Morgan fingerprint density at radius 3 is 2.30 bits per heavy atom. The minimum atomic E-state index is -0.177. The summed E-state index contributed by atoms with van der Waals surface area (Å²) in [6.07, 6.45) is 5.02. The number of pyridine rings is 1. The standard InChI is InChI=1S/C34H36N2O4/c1-2-39-34(38)30(12-8-11-26-9-4-3-5-10-26)25-27-14-20-31(21-15-27)40-24-23-36-33(37)29-18-16-28(17-19-29)32-13-6-7-22-35-32/h3-7,9-10,13-22,30H,2,8,11-12,23-25H2,1H3,(H,36,37). The Morgan fingerprint density at radius 2 is 1.60 bits per heavy atom. The quantitative estimate of drug-likeness (QED) is 0.151. The molecular weight excluding hydrogens is 500 g/mol. The van der Waals surface area contributed by atoms with E-state index in [0.717, 1.165) is 41.8 Å². The van der Waals surface area contributed by atoms with Gasteiger partial charge in [0.15, 0.2) is 0 Å². The molecule has 0 aliphatic carbocycles. The molecule has 1 atom stereocenters. The molecule has 4 rings (SSSR count). The first kappa shape index (κ1) is 28.6. The van der Waals surface area contributed by atoms with E-state index in [1.807, 2.05) is 79.7 Å². The molecule has 0 spiro atoms. The van der Waals surface area contributed by atoms with Gasteiger partial charge in [-0.05, 0) is 80.1 Å². The van der Waals surface area contributed by atoms with Gasteiger partial charge < -0.3 is 14.8 Å². The lowest BCUT2D eigenvalue weighted by atomic mass is 9.93. The maximum absolute atomic E-state index is 12.6. The third-order valence-electron chi connectivity index (χ3n) is 6.65. The average molecular weight is 537 g/mol. The number of hydrogen-bond acceptors (Lipinski definition) is 5. The second-order valence-corrected chi connectivity index (χ2v) is 9.57. The summed E-state index contributed by atoms with van der Waals surface area (Å²) >= 11 is 0. The second-order valence-electron chi connectivity index (χ2n) is 9.57. The summed E-state index contributed by atoms with van der Waals surface area (Å²) < 4.78 is 11.2. The Bertz CT molecular complexity index is 1320. The van der Waals surface area contributed by atoms with Gasteiger partial charge in [0.05, 0.1) is 24.8 Å². The zero-order valence-electron chi connectivity index (χ0n) is 22.9. The summed E-state index contributed by atoms with van der Waals surface area (Å²) in [6.45, 7) is 2.96. The summed E-state index contributed by atoms with van der Waals surface area (Å²) in [5, 5.41) is 2.89. The number of nitrogens with one attached hydrogen (secondary N) is 1. The summed E-state index contributed by atoms with van der Waals surface area (Å²) in [4.78, 5) is 29.4. The van der Waals surface area contributed by atoms with E-state index in [1.54, 1.807) is 18.3 Å². The number of benzene rings is 3. The second kappa shape index (κ2) is 15.2. The summed E-state index contributed by atoms with van der Waals surface area (Å²) in [5.74, 6) is 0.250. The summed E-state index contributed by atoms with van der Waals surface area (Å²) in [7, 11) is 0. The molecular formula is C34H36N2O4. The van der Waals surface area contributed by atoms with Gasteiger partial charge in [0.1, 0.15) is 12.4 Å². The lowest BCUT2D eigenvalue weighted by Crippen LogP contribution is -2.28. The van der Waals surface area contributed by atoms with Crippen LogP contribution in [0.1, 0.15) is 41.3 Å². The van der Waals surface area contributed by atoms with E-state index < -0.39 is 0 Å². The first-order valence-electron chi connectivity index (χ1n) is 13.8. The number of amides is 1. The van der Waals surface area contributed by atoms with Crippen molar-refractivity contribution in [3.63, 3.8) is 0 Å². The van der Waals surface area contributed by atoms with Crippen molar-refractivity contribution in [3.8, 4) is 17.0 Å². The van der Waals surface area contributed by atoms with Gasteiger partial charge in [0.25, 0.3) is 5.91 Å². The Kier molecular flexibility index (Phi) is 10.9. The van der Waals surface area contributed by atoms with E-state index in [-0.39, 0.29) is 17.8 Å². The van der Waals surface area contributed by atoms with Crippen LogP contribution in [0.3, 0.4) is 0 Å². The molecule has 0 saturated heterocycles. The van der Waals surface area contributed by atoms with Gasteiger partial charge in [-0.2, -0.15) is 0 Å². The highest BCUT2D eigenvalue weighted by atomic mass is 16.5. The molecule has 206 valence electrons. The summed E-state index contributed by atoms with van der Waals surface area (Å²) in [6, 6.07) is 31.2. The predicted octanol–water partition coefficient (Wildman–Crippen LogP) is 6.30. The van der Waals surface area contributed by atoms with Crippen molar-refractivity contribution in [2.75, 3.05) is 19.8 Å². The molecule has 0 radical (unpaired) electrons. The fraction of sp³-hybridized carbons (Fsp3) is 0.265. The van der Waals surface area contributed by atoms with Crippen molar-refractivity contribution >= 4 is 11.9 Å². The lowest BCUT2D eigenvalue weighted by molar-refractivity contribution is -0.148. The first-order valence-corrected chi connectivity index (χ1v) is 13.8. The number of carbonyl (C=O) groups is 2. The van der Waals surface area contributed by atoms with Gasteiger partial charge in [-0.1, -0.05) is 60.7 Å². The smallest absolute Gasteiger partial charge is 0.309 e. The maximum Gasteiger partial charge on any atom is 0.309 e. The normalized spacial score (nSPS) is 11.4. The van der Waals surface area contributed by atoms with Crippen LogP contribution in [0.15, 0.2) is 103 Å². The molecule has 1 aromatic heterocycles. The van der Waals surface area contributed by atoms with Gasteiger partial charge in [-0.25, -0.2) is 0 Å². The Hall–Kier alpha value is -4.45. The minimum absolute atomic E-state index is 0.141. The van der Waals surface area contributed by atoms with Gasteiger partial charge in [-0.3, -0.25) is 14.6 Å². The first-order chi connectivity index (χ1) is 19.6. The number of hydrogen-bond donors (Lipinski definition) is 1. The van der Waals surface area contributed by atoms with E-state index in [0.29, 0.717) is 31.7 Å². The highest BCUT2D eigenvalue weighted by Crippen LogP contribution is 2.21. The molecule has 0 fully saturated rings. The molecule has 40 heavy (non-hydrogen) atoms. The molecule has 6 nitrogen and oxygen atoms in total. The van der Waals surface area contributed by atoms with Crippen LogP contribution in [0.25, 0.3) is 11.3 Å². The van der Waals surface area contributed by atoms with Crippen molar-refractivity contribution in [1.82, 2.24) is 10.3 Å². The van der Waals surface area contributed by atoms with E-state index in [4.69, 9.17) is 9.47 Å². The van der Waals surface area contributed by atoms with Crippen LogP contribution in [-0.2, 0) is 22.4 Å². The number of esters is 1. The van der Waals surface area contributed by atoms with Crippen LogP contribution in [-0.4, -0.2) is 36.6 Å². The third-order valence-corrected chi connectivity index (χ3v) is 6.65. The van der Waals surface area contributed by atoms with Crippen molar-refractivity contribution in [3.05, 3.63) is 120 Å². The molecule has 3 aromatic carbocycles. The number of rotatable bonds is 14.